The number of esters is 1. The summed E-state index contributed by atoms with van der Waals surface area (Å²) in [5, 5.41) is 15.3. The molecule has 0 radical (unpaired) electrons. The number of carbonyl (C=O) groups excluding carboxylic acids is 3. The highest BCUT2D eigenvalue weighted by Gasteiger charge is 2.67. The molecule has 0 aromatic rings. The van der Waals surface area contributed by atoms with Gasteiger partial charge in [0.25, 0.3) is 0 Å². The van der Waals surface area contributed by atoms with Gasteiger partial charge in [0.05, 0.1) is 11.7 Å². The molecule has 7 heteroatoms. The van der Waals surface area contributed by atoms with Crippen molar-refractivity contribution in [1.82, 2.24) is 5.32 Å². The van der Waals surface area contributed by atoms with Crippen LogP contribution in [0, 0.1) is 34.5 Å². The van der Waals surface area contributed by atoms with Crippen molar-refractivity contribution in [1.29, 1.82) is 0 Å². The van der Waals surface area contributed by atoms with Crippen molar-refractivity contribution in [2.45, 2.75) is 116 Å². The Kier molecular flexibility index (Phi) is 8.32. The van der Waals surface area contributed by atoms with Gasteiger partial charge in [0.1, 0.15) is 19.0 Å². The molecule has 0 bridgehead atoms. The molecule has 1 aliphatic heterocycles. The van der Waals surface area contributed by atoms with Crippen molar-refractivity contribution in [2.75, 3.05) is 19.8 Å². The van der Waals surface area contributed by atoms with Gasteiger partial charge in [-0.25, -0.2) is 4.79 Å². The molecular formula is C32H49NO6. The van der Waals surface area contributed by atoms with Crippen LogP contribution in [0.2, 0.25) is 0 Å². The van der Waals surface area contributed by atoms with Crippen molar-refractivity contribution < 1.29 is 29.0 Å². The van der Waals surface area contributed by atoms with Crippen molar-refractivity contribution in [2.24, 2.45) is 34.5 Å². The fourth-order valence-corrected chi connectivity index (χ4v) is 9.67. The zero-order valence-electron chi connectivity index (χ0n) is 24.3. The molecule has 5 aliphatic rings. The van der Waals surface area contributed by atoms with E-state index in [-0.39, 0.29) is 47.1 Å². The fourth-order valence-electron chi connectivity index (χ4n) is 9.67. The molecular weight excluding hydrogens is 494 g/mol. The number of cyclic esters (lactones) is 1. The lowest BCUT2D eigenvalue weighted by molar-refractivity contribution is -0.209. The third-order valence-electron chi connectivity index (χ3n) is 11.9. The summed E-state index contributed by atoms with van der Waals surface area (Å²) in [6, 6.07) is 0. The third-order valence-corrected chi connectivity index (χ3v) is 11.9. The number of nitrogens with one attached hydrogen (secondary N) is 1. The van der Waals surface area contributed by atoms with E-state index in [0.29, 0.717) is 37.3 Å². The molecule has 4 aliphatic carbocycles. The van der Waals surface area contributed by atoms with Crippen molar-refractivity contribution >= 4 is 17.7 Å². The molecule has 8 atom stereocenters. The lowest BCUT2D eigenvalue weighted by Gasteiger charge is -2.63. The van der Waals surface area contributed by atoms with E-state index < -0.39 is 5.60 Å². The van der Waals surface area contributed by atoms with Crippen LogP contribution in [-0.2, 0) is 23.9 Å². The van der Waals surface area contributed by atoms with E-state index in [1.165, 1.54) is 0 Å². The smallest absolute Gasteiger partial charge is 0.331 e. The number of ketones is 1. The van der Waals surface area contributed by atoms with Crippen LogP contribution in [0.5, 0.6) is 0 Å². The van der Waals surface area contributed by atoms with Crippen LogP contribution in [0.25, 0.3) is 0 Å². The number of fused-ring (bicyclic) bond motifs is 5. The second kappa shape index (κ2) is 11.3. The summed E-state index contributed by atoms with van der Waals surface area (Å²) in [6.07, 6.45) is 14.3. The molecule has 0 unspecified atom stereocenters. The Balaban J connectivity index is 1.13. The Morgan fingerprint density at radius 2 is 1.87 bits per heavy atom. The first-order valence-corrected chi connectivity index (χ1v) is 15.5. The van der Waals surface area contributed by atoms with Crippen molar-refractivity contribution in [3.05, 3.63) is 11.6 Å². The number of ether oxygens (including phenoxy) is 2. The molecule has 0 saturated heterocycles. The second-order valence-electron chi connectivity index (χ2n) is 13.9. The quantitative estimate of drug-likeness (QED) is 0.300. The number of unbranched alkanes of at least 4 members (excludes halogenated alkanes) is 2. The second-order valence-corrected chi connectivity index (χ2v) is 13.9. The lowest BCUT2D eigenvalue weighted by Crippen LogP contribution is -2.62. The predicted octanol–water partition coefficient (Wildman–Crippen LogP) is 4.89. The highest BCUT2D eigenvalue weighted by molar-refractivity contribution is 5.85. The molecule has 5 rings (SSSR count). The number of amides is 1. The van der Waals surface area contributed by atoms with E-state index in [0.717, 1.165) is 82.6 Å². The van der Waals surface area contributed by atoms with Crippen LogP contribution in [0.1, 0.15) is 104 Å². The summed E-state index contributed by atoms with van der Waals surface area (Å²) in [5.74, 6) is 1.55. The summed E-state index contributed by atoms with van der Waals surface area (Å²) < 4.78 is 11.4. The first-order valence-electron chi connectivity index (χ1n) is 15.5. The Morgan fingerprint density at radius 3 is 2.62 bits per heavy atom. The summed E-state index contributed by atoms with van der Waals surface area (Å²) in [7, 11) is 0. The minimum Gasteiger partial charge on any atom is -0.458 e. The Labute approximate surface area is 233 Å². The maximum atomic E-state index is 12.4. The number of rotatable bonds is 10. The Morgan fingerprint density at radius 1 is 1.05 bits per heavy atom. The van der Waals surface area contributed by atoms with Gasteiger partial charge >= 0.3 is 5.97 Å². The van der Waals surface area contributed by atoms with Crippen LogP contribution in [0.3, 0.4) is 0 Å². The molecule has 4 fully saturated rings. The van der Waals surface area contributed by atoms with Crippen molar-refractivity contribution in [3.8, 4) is 0 Å². The van der Waals surface area contributed by atoms with Gasteiger partial charge in [0.2, 0.25) is 5.91 Å². The molecule has 1 amide bonds. The van der Waals surface area contributed by atoms with Crippen LogP contribution >= 0.6 is 0 Å². The van der Waals surface area contributed by atoms with Gasteiger partial charge in [-0.2, -0.15) is 0 Å². The molecule has 0 spiro atoms. The molecule has 7 nitrogen and oxygen atoms in total. The first-order chi connectivity index (χ1) is 18.6. The Bertz CT molecular complexity index is 993. The minimum absolute atomic E-state index is 0.0485. The van der Waals surface area contributed by atoms with Gasteiger partial charge in [0, 0.05) is 24.5 Å². The summed E-state index contributed by atoms with van der Waals surface area (Å²) in [5.41, 5.74) is 0.411. The monoisotopic (exact) mass is 543 g/mol. The first kappa shape index (κ1) is 28.8. The van der Waals surface area contributed by atoms with Gasteiger partial charge in [0.15, 0.2) is 0 Å². The van der Waals surface area contributed by atoms with Crippen LogP contribution in [-0.4, -0.2) is 54.2 Å². The largest absolute Gasteiger partial charge is 0.458 e. The fraction of sp³-hybridized carbons (Fsp3) is 0.844. The highest BCUT2D eigenvalue weighted by atomic mass is 16.5. The molecule has 39 heavy (non-hydrogen) atoms. The average Bonchev–Trinajstić information content (AvgIpc) is 3.44. The van der Waals surface area contributed by atoms with E-state index in [2.05, 4.69) is 19.2 Å². The molecule has 0 aromatic heterocycles. The van der Waals surface area contributed by atoms with E-state index in [4.69, 9.17) is 9.47 Å². The summed E-state index contributed by atoms with van der Waals surface area (Å²) in [4.78, 5) is 35.1. The lowest BCUT2D eigenvalue weighted by atomic mass is 9.43. The number of carbonyl (C=O) groups is 3. The van der Waals surface area contributed by atoms with E-state index >= 15 is 0 Å². The molecule has 1 heterocycles. The van der Waals surface area contributed by atoms with Crippen LogP contribution < -0.4 is 5.32 Å². The third kappa shape index (κ3) is 5.35. The summed E-state index contributed by atoms with van der Waals surface area (Å²) >= 11 is 0. The SMILES string of the molecule is CC(=O)CCCCCNC(=O)CO[C@H]1CC[C@@]2(C)[C@H](CC[C@@H]3[C@@H]2CC[C@]2(C)[C@@H](C4=CC(=O)OC4)CC[C@]32O)C1. The van der Waals surface area contributed by atoms with Gasteiger partial charge in [-0.3, -0.25) is 4.79 Å². The predicted molar refractivity (Wildman–Crippen MR) is 148 cm³/mol. The van der Waals surface area contributed by atoms with Crippen LogP contribution in [0.15, 0.2) is 11.6 Å². The van der Waals surface area contributed by atoms with E-state index in [1.54, 1.807) is 13.0 Å². The Hall–Kier alpha value is -1.73. The number of hydrogen-bond acceptors (Lipinski definition) is 6. The average molecular weight is 544 g/mol. The van der Waals surface area contributed by atoms with Crippen LogP contribution in [0.4, 0.5) is 0 Å². The van der Waals surface area contributed by atoms with Gasteiger partial charge in [-0.1, -0.05) is 20.3 Å². The standard InChI is InChI=1S/C32H49NO6/c1-21(34)7-5-4-6-16-33-28(35)20-38-24-10-13-30(2)23(18-24)8-9-27-26(30)11-14-31(3)25(12-15-32(27,31)37)22-17-29(36)39-19-22/h17,23-27,37H,4-16,18-20H2,1-3H3,(H,33,35)/t23-,24+,25-,26+,27-,30+,31-,32+/m1/s1. The van der Waals surface area contributed by atoms with Gasteiger partial charge in [-0.05, 0) is 112 Å². The van der Waals surface area contributed by atoms with E-state index in [9.17, 15) is 19.5 Å². The van der Waals surface area contributed by atoms with Gasteiger partial charge < -0.3 is 24.7 Å². The number of hydrogen-bond donors (Lipinski definition) is 2. The molecule has 0 aromatic carbocycles. The van der Waals surface area contributed by atoms with Crippen molar-refractivity contribution in [3.63, 3.8) is 0 Å². The number of Topliss-reactive ketones (excluding diaryl/α,β-unsaturated/α-hetero) is 1. The topological polar surface area (TPSA) is 102 Å². The minimum atomic E-state index is -0.682. The normalized spacial score (nSPS) is 41.2. The summed E-state index contributed by atoms with van der Waals surface area (Å²) in [6.45, 7) is 7.51. The number of aliphatic hydroxyl groups is 1. The zero-order chi connectivity index (χ0) is 27.8. The molecule has 4 saturated carbocycles. The molecule has 218 valence electrons. The maximum absolute atomic E-state index is 12.4. The molecule has 2 N–H and O–H groups in total. The highest BCUT2D eigenvalue weighted by Crippen LogP contribution is 2.70. The zero-order valence-corrected chi connectivity index (χ0v) is 24.3. The van der Waals surface area contributed by atoms with Gasteiger partial charge in [-0.15, -0.1) is 0 Å². The van der Waals surface area contributed by atoms with E-state index in [1.807, 2.05) is 0 Å². The maximum Gasteiger partial charge on any atom is 0.331 e.